The number of carbonyl (C=O) groups excluding carboxylic acids is 1. The Morgan fingerprint density at radius 1 is 1.09 bits per heavy atom. The normalized spacial score (nSPS) is 15.3. The van der Waals surface area contributed by atoms with Gasteiger partial charge in [-0.15, -0.1) is 0 Å². The first-order valence-electron chi connectivity index (χ1n) is 12.9. The molecule has 1 fully saturated rings. The smallest absolute Gasteiger partial charge is 0.243 e. The third-order valence-electron chi connectivity index (χ3n) is 6.59. The average molecular weight is 492 g/mol. The van der Waals surface area contributed by atoms with Crippen LogP contribution in [0, 0.1) is 0 Å². The molecule has 190 valence electrons. The third-order valence-corrected chi connectivity index (χ3v) is 8.63. The Morgan fingerprint density at radius 2 is 1.82 bits per heavy atom. The lowest BCUT2D eigenvalue weighted by Gasteiger charge is -2.26. The maximum atomic E-state index is 12.9. The number of imidazole rings is 1. The molecule has 1 aliphatic heterocycles. The second kappa shape index (κ2) is 12.7. The third kappa shape index (κ3) is 6.58. The molecule has 0 bridgehead atoms. The number of sulfonamides is 1. The topological polar surface area (TPSA) is 87.5 Å². The van der Waals surface area contributed by atoms with E-state index in [1.54, 1.807) is 12.1 Å². The van der Waals surface area contributed by atoms with E-state index in [-0.39, 0.29) is 10.8 Å². The number of nitrogens with zero attached hydrogens (tertiary/aromatic N) is 4. The minimum atomic E-state index is -3.54. The van der Waals surface area contributed by atoms with E-state index in [4.69, 9.17) is 4.98 Å². The number of rotatable bonds is 13. The Hall–Kier alpha value is -1.97. The van der Waals surface area contributed by atoms with E-state index in [1.807, 2.05) is 19.9 Å². The fraction of sp³-hybridized carbons (Fsp3) is 0.680. The summed E-state index contributed by atoms with van der Waals surface area (Å²) in [5.74, 6) is 0.872. The van der Waals surface area contributed by atoms with Crippen molar-refractivity contribution in [2.45, 2.75) is 77.2 Å². The first kappa shape index (κ1) is 26.6. The van der Waals surface area contributed by atoms with Gasteiger partial charge < -0.3 is 14.8 Å². The molecule has 1 aliphatic rings. The van der Waals surface area contributed by atoms with Crippen LogP contribution in [0.1, 0.15) is 65.1 Å². The number of hydrogen-bond donors (Lipinski definition) is 1. The summed E-state index contributed by atoms with van der Waals surface area (Å²) in [5.41, 5.74) is 1.58. The molecule has 2 aromatic rings. The van der Waals surface area contributed by atoms with E-state index in [2.05, 4.69) is 21.7 Å². The minimum Gasteiger partial charge on any atom is -0.356 e. The Kier molecular flexibility index (Phi) is 9.91. The number of amides is 1. The molecule has 0 spiro atoms. The van der Waals surface area contributed by atoms with Gasteiger partial charge in [0.2, 0.25) is 15.9 Å². The van der Waals surface area contributed by atoms with Gasteiger partial charge in [0.25, 0.3) is 0 Å². The highest BCUT2D eigenvalue weighted by atomic mass is 32.2. The van der Waals surface area contributed by atoms with Crippen LogP contribution in [0.4, 0.5) is 0 Å². The Bertz CT molecular complexity index is 1040. The summed E-state index contributed by atoms with van der Waals surface area (Å²) >= 11 is 0. The molecule has 3 rings (SSSR count). The SMILES string of the molecule is CCCn1c(CCC(=O)NCCCN2CCCCC2)nc2cc(S(=O)(=O)N(CC)CC)ccc21. The maximum Gasteiger partial charge on any atom is 0.243 e. The number of piperidine rings is 1. The lowest BCUT2D eigenvalue weighted by Crippen LogP contribution is -2.33. The quantitative estimate of drug-likeness (QED) is 0.434. The van der Waals surface area contributed by atoms with Crippen molar-refractivity contribution >= 4 is 27.0 Å². The predicted octanol–water partition coefficient (Wildman–Crippen LogP) is 3.40. The summed E-state index contributed by atoms with van der Waals surface area (Å²) in [6.07, 6.45) is 6.72. The molecule has 34 heavy (non-hydrogen) atoms. The van der Waals surface area contributed by atoms with Crippen molar-refractivity contribution in [2.75, 3.05) is 39.3 Å². The largest absolute Gasteiger partial charge is 0.356 e. The molecule has 1 aromatic heterocycles. The fourth-order valence-electron chi connectivity index (χ4n) is 4.72. The summed E-state index contributed by atoms with van der Waals surface area (Å²) in [6, 6.07) is 5.18. The molecule has 1 aromatic carbocycles. The second-order valence-corrected chi connectivity index (χ2v) is 11.0. The Morgan fingerprint density at radius 3 is 2.50 bits per heavy atom. The molecule has 0 atom stereocenters. The van der Waals surface area contributed by atoms with Gasteiger partial charge >= 0.3 is 0 Å². The molecule has 0 saturated carbocycles. The number of carbonyl (C=O) groups is 1. The van der Waals surface area contributed by atoms with E-state index in [0.717, 1.165) is 37.3 Å². The lowest BCUT2D eigenvalue weighted by molar-refractivity contribution is -0.121. The number of nitrogens with one attached hydrogen (secondary N) is 1. The van der Waals surface area contributed by atoms with Crippen molar-refractivity contribution in [1.29, 1.82) is 0 Å². The summed E-state index contributed by atoms with van der Waals surface area (Å²) < 4.78 is 29.4. The molecular weight excluding hydrogens is 450 g/mol. The fourth-order valence-corrected chi connectivity index (χ4v) is 6.20. The van der Waals surface area contributed by atoms with Crippen LogP contribution in [-0.2, 0) is 27.8 Å². The molecule has 1 N–H and O–H groups in total. The zero-order valence-corrected chi connectivity index (χ0v) is 21.9. The lowest BCUT2D eigenvalue weighted by atomic mass is 10.1. The van der Waals surface area contributed by atoms with Gasteiger partial charge in [-0.05, 0) is 63.5 Å². The van der Waals surface area contributed by atoms with Crippen molar-refractivity contribution in [3.63, 3.8) is 0 Å². The number of likely N-dealkylation sites (tertiary alicyclic amines) is 1. The van der Waals surface area contributed by atoms with Crippen LogP contribution in [0.15, 0.2) is 23.1 Å². The Labute approximate surface area is 204 Å². The van der Waals surface area contributed by atoms with E-state index in [9.17, 15) is 13.2 Å². The second-order valence-electron chi connectivity index (χ2n) is 9.03. The standard InChI is InChI=1S/C25H41N5O3S/c1-4-16-30-23-12-11-21(34(32,33)29(5-2)6-3)20-22(23)27-24(30)13-14-25(31)26-15-10-19-28-17-8-7-9-18-28/h11-12,20H,4-10,13-19H2,1-3H3,(H,26,31). The monoisotopic (exact) mass is 491 g/mol. The van der Waals surface area contributed by atoms with Gasteiger partial charge in [-0.25, -0.2) is 13.4 Å². The van der Waals surface area contributed by atoms with Gasteiger partial charge in [0, 0.05) is 39.0 Å². The van der Waals surface area contributed by atoms with Gasteiger partial charge in [0.1, 0.15) is 5.82 Å². The van der Waals surface area contributed by atoms with Gasteiger partial charge in [0.15, 0.2) is 0 Å². The van der Waals surface area contributed by atoms with Crippen LogP contribution >= 0.6 is 0 Å². The van der Waals surface area contributed by atoms with Crippen LogP contribution in [0.5, 0.6) is 0 Å². The van der Waals surface area contributed by atoms with Crippen LogP contribution in [0.3, 0.4) is 0 Å². The van der Waals surface area contributed by atoms with Crippen molar-refractivity contribution in [3.8, 4) is 0 Å². The highest BCUT2D eigenvalue weighted by Gasteiger charge is 2.23. The summed E-state index contributed by atoms with van der Waals surface area (Å²) in [5, 5.41) is 3.04. The van der Waals surface area contributed by atoms with E-state index in [0.29, 0.717) is 38.0 Å². The molecule has 9 heteroatoms. The number of benzene rings is 1. The van der Waals surface area contributed by atoms with Crippen molar-refractivity contribution < 1.29 is 13.2 Å². The first-order chi connectivity index (χ1) is 16.4. The zero-order valence-electron chi connectivity index (χ0n) is 21.1. The van der Waals surface area contributed by atoms with Gasteiger partial charge in [-0.3, -0.25) is 4.79 Å². The van der Waals surface area contributed by atoms with Crippen molar-refractivity contribution in [1.82, 2.24) is 24.1 Å². The molecule has 1 amide bonds. The van der Waals surface area contributed by atoms with Crippen LogP contribution < -0.4 is 5.32 Å². The van der Waals surface area contributed by atoms with Crippen LogP contribution in [0.25, 0.3) is 11.0 Å². The highest BCUT2D eigenvalue weighted by Crippen LogP contribution is 2.24. The van der Waals surface area contributed by atoms with Crippen molar-refractivity contribution in [3.05, 3.63) is 24.0 Å². The maximum absolute atomic E-state index is 12.9. The van der Waals surface area contributed by atoms with Crippen molar-refractivity contribution in [2.24, 2.45) is 0 Å². The minimum absolute atomic E-state index is 0.0403. The molecule has 2 heterocycles. The summed E-state index contributed by atoms with van der Waals surface area (Å²) in [4.78, 5) is 19.9. The predicted molar refractivity (Wildman–Crippen MR) is 136 cm³/mol. The van der Waals surface area contributed by atoms with E-state index in [1.165, 1.54) is 36.7 Å². The molecule has 0 radical (unpaired) electrons. The van der Waals surface area contributed by atoms with E-state index < -0.39 is 10.0 Å². The van der Waals surface area contributed by atoms with E-state index >= 15 is 0 Å². The molecular formula is C25H41N5O3S. The number of aryl methyl sites for hydroxylation is 2. The van der Waals surface area contributed by atoms with Gasteiger partial charge in [0.05, 0.1) is 15.9 Å². The zero-order chi connectivity index (χ0) is 24.6. The highest BCUT2D eigenvalue weighted by molar-refractivity contribution is 7.89. The Balaban J connectivity index is 1.63. The van der Waals surface area contributed by atoms with Gasteiger partial charge in [-0.2, -0.15) is 4.31 Å². The summed E-state index contributed by atoms with van der Waals surface area (Å²) in [6.45, 7) is 11.5. The van der Waals surface area contributed by atoms with Crippen LogP contribution in [0.2, 0.25) is 0 Å². The number of aromatic nitrogens is 2. The number of hydrogen-bond acceptors (Lipinski definition) is 5. The molecule has 0 aliphatic carbocycles. The van der Waals surface area contributed by atoms with Gasteiger partial charge in [-0.1, -0.05) is 27.2 Å². The number of fused-ring (bicyclic) bond motifs is 1. The van der Waals surface area contributed by atoms with Crippen LogP contribution in [-0.4, -0.2) is 72.3 Å². The molecule has 1 saturated heterocycles. The first-order valence-corrected chi connectivity index (χ1v) is 14.3. The molecule has 0 unspecified atom stereocenters. The summed E-state index contributed by atoms with van der Waals surface area (Å²) in [7, 11) is -3.54. The average Bonchev–Trinajstić information content (AvgIpc) is 3.18. The molecule has 8 nitrogen and oxygen atoms in total.